The third kappa shape index (κ3) is 5.11. The summed E-state index contributed by atoms with van der Waals surface area (Å²) in [5, 5.41) is 2.24. The summed E-state index contributed by atoms with van der Waals surface area (Å²) < 4.78 is 27.2. The van der Waals surface area contributed by atoms with Crippen LogP contribution >= 0.6 is 11.3 Å². The maximum absolute atomic E-state index is 12.6. The van der Waals surface area contributed by atoms with E-state index in [2.05, 4.69) is 5.32 Å². The normalized spacial score (nSPS) is 11.4. The van der Waals surface area contributed by atoms with E-state index in [0.717, 1.165) is 27.3 Å². The molecule has 1 aromatic heterocycles. The van der Waals surface area contributed by atoms with Crippen LogP contribution in [0.3, 0.4) is 0 Å². The first-order valence-electron chi connectivity index (χ1n) is 8.76. The van der Waals surface area contributed by atoms with E-state index in [4.69, 9.17) is 0 Å². The van der Waals surface area contributed by atoms with Gasteiger partial charge in [-0.25, -0.2) is 17.9 Å². The molecule has 2 rings (SSSR count). The van der Waals surface area contributed by atoms with Crippen LogP contribution in [0.5, 0.6) is 0 Å². The third-order valence-electron chi connectivity index (χ3n) is 4.17. The molecule has 0 saturated heterocycles. The Morgan fingerprint density at radius 2 is 1.79 bits per heavy atom. The molecule has 3 amide bonds. The summed E-state index contributed by atoms with van der Waals surface area (Å²) in [6.45, 7) is 7.76. The summed E-state index contributed by atoms with van der Waals surface area (Å²) >= 11 is 1.11. The van der Waals surface area contributed by atoms with Crippen LogP contribution in [0, 0.1) is 6.92 Å². The second kappa shape index (κ2) is 8.74. The lowest BCUT2D eigenvalue weighted by atomic mass is 10.1. The Kier molecular flexibility index (Phi) is 6.84. The highest BCUT2D eigenvalue weighted by atomic mass is 32.2. The summed E-state index contributed by atoms with van der Waals surface area (Å²) in [5.41, 5.74) is 2.22. The van der Waals surface area contributed by atoms with E-state index in [1.807, 2.05) is 49.8 Å². The standard InChI is InChI=1S/C19H25N3O4S2/c1-12(2)22(14(4)23)11-15-6-8-16(9-7-15)17-10-13(3)27-18(17)28(25,26)21-19(24)20-5/h6-10,12H,11H2,1-5H3,(H2,20,21,24). The van der Waals surface area contributed by atoms with Gasteiger partial charge >= 0.3 is 6.03 Å². The Hall–Kier alpha value is -2.39. The first-order valence-corrected chi connectivity index (χ1v) is 11.1. The second-order valence-corrected chi connectivity index (χ2v) is 9.81. The molecule has 0 bridgehead atoms. The van der Waals surface area contributed by atoms with Gasteiger partial charge in [0.15, 0.2) is 0 Å². The van der Waals surface area contributed by atoms with Crippen molar-refractivity contribution >= 4 is 33.3 Å². The van der Waals surface area contributed by atoms with Gasteiger partial charge in [-0.15, -0.1) is 11.3 Å². The van der Waals surface area contributed by atoms with E-state index in [9.17, 15) is 18.0 Å². The number of urea groups is 1. The van der Waals surface area contributed by atoms with Crippen molar-refractivity contribution < 1.29 is 18.0 Å². The van der Waals surface area contributed by atoms with Crippen LogP contribution in [-0.2, 0) is 21.4 Å². The van der Waals surface area contributed by atoms with Gasteiger partial charge in [0.25, 0.3) is 10.0 Å². The quantitative estimate of drug-likeness (QED) is 0.746. The molecule has 0 aliphatic rings. The molecule has 2 N–H and O–H groups in total. The van der Waals surface area contributed by atoms with Gasteiger partial charge in [-0.1, -0.05) is 24.3 Å². The van der Waals surface area contributed by atoms with Crippen molar-refractivity contribution in [3.63, 3.8) is 0 Å². The fourth-order valence-electron chi connectivity index (χ4n) is 2.76. The highest BCUT2D eigenvalue weighted by molar-refractivity contribution is 7.92. The number of thiophene rings is 1. The Labute approximate surface area is 169 Å². The number of sulfonamides is 1. The van der Waals surface area contributed by atoms with Crippen LogP contribution in [0.1, 0.15) is 31.2 Å². The summed E-state index contributed by atoms with van der Waals surface area (Å²) in [6, 6.07) is 8.50. The first-order chi connectivity index (χ1) is 13.0. The zero-order chi connectivity index (χ0) is 21.1. The number of carbonyl (C=O) groups is 2. The van der Waals surface area contributed by atoms with Crippen LogP contribution in [-0.4, -0.2) is 38.3 Å². The Bertz CT molecular complexity index is 964. The van der Waals surface area contributed by atoms with Gasteiger partial charge in [-0.05, 0) is 38.0 Å². The number of rotatable bonds is 6. The molecule has 152 valence electrons. The van der Waals surface area contributed by atoms with Crippen LogP contribution in [0.15, 0.2) is 34.5 Å². The SMILES string of the molecule is CNC(=O)NS(=O)(=O)c1sc(C)cc1-c1ccc(CN(C(C)=O)C(C)C)cc1. The first kappa shape index (κ1) is 21.9. The van der Waals surface area contributed by atoms with Crippen LogP contribution < -0.4 is 10.0 Å². The zero-order valence-corrected chi connectivity index (χ0v) is 18.2. The van der Waals surface area contributed by atoms with Gasteiger partial charge in [0.2, 0.25) is 5.91 Å². The number of aryl methyl sites for hydroxylation is 1. The smallest absolute Gasteiger partial charge is 0.328 e. The number of nitrogens with one attached hydrogen (secondary N) is 2. The van der Waals surface area contributed by atoms with Gasteiger partial charge in [0.05, 0.1) is 0 Å². The van der Waals surface area contributed by atoms with Crippen molar-refractivity contribution in [1.29, 1.82) is 0 Å². The minimum Gasteiger partial charge on any atom is -0.340 e. The lowest BCUT2D eigenvalue weighted by molar-refractivity contribution is -0.131. The second-order valence-electron chi connectivity index (χ2n) is 6.68. The predicted molar refractivity (Wildman–Crippen MR) is 111 cm³/mol. The minimum absolute atomic E-state index is 0.00110. The van der Waals surface area contributed by atoms with Crippen molar-refractivity contribution in [2.75, 3.05) is 7.05 Å². The Morgan fingerprint density at radius 3 is 2.29 bits per heavy atom. The third-order valence-corrected chi connectivity index (χ3v) is 7.08. The molecule has 0 aliphatic heterocycles. The number of carbonyl (C=O) groups excluding carboxylic acids is 2. The number of nitrogens with zero attached hydrogens (tertiary/aromatic N) is 1. The van der Waals surface area contributed by atoms with Crippen molar-refractivity contribution in [2.24, 2.45) is 0 Å². The maximum Gasteiger partial charge on any atom is 0.328 e. The van der Waals surface area contributed by atoms with Gasteiger partial charge in [-0.3, -0.25) is 4.79 Å². The molecule has 0 saturated carbocycles. The average Bonchev–Trinajstić information content (AvgIpc) is 3.02. The predicted octanol–water partition coefficient (Wildman–Crippen LogP) is 3.10. The largest absolute Gasteiger partial charge is 0.340 e. The van der Waals surface area contributed by atoms with E-state index in [-0.39, 0.29) is 16.2 Å². The highest BCUT2D eigenvalue weighted by Crippen LogP contribution is 2.35. The Morgan fingerprint density at radius 1 is 1.18 bits per heavy atom. The molecule has 1 heterocycles. The molecule has 7 nitrogen and oxygen atoms in total. The van der Waals surface area contributed by atoms with Crippen LogP contribution in [0.25, 0.3) is 11.1 Å². The number of hydrogen-bond acceptors (Lipinski definition) is 5. The number of amides is 3. The van der Waals surface area contributed by atoms with Crippen molar-refractivity contribution in [3.05, 3.63) is 40.8 Å². The molecule has 28 heavy (non-hydrogen) atoms. The average molecular weight is 424 g/mol. The fourth-order valence-corrected chi connectivity index (χ4v) is 5.38. The molecule has 0 aliphatic carbocycles. The van der Waals surface area contributed by atoms with Gasteiger partial charge < -0.3 is 10.2 Å². The lowest BCUT2D eigenvalue weighted by Crippen LogP contribution is -2.37. The van der Waals surface area contributed by atoms with Crippen LogP contribution in [0.2, 0.25) is 0 Å². The fraction of sp³-hybridized carbons (Fsp3) is 0.368. The van der Waals surface area contributed by atoms with Crippen molar-refractivity contribution in [3.8, 4) is 11.1 Å². The summed E-state index contributed by atoms with van der Waals surface area (Å²) in [7, 11) is -2.62. The maximum atomic E-state index is 12.6. The molecule has 2 aromatic rings. The van der Waals surface area contributed by atoms with Gasteiger partial charge in [-0.2, -0.15) is 0 Å². The van der Waals surface area contributed by atoms with E-state index in [1.165, 1.54) is 7.05 Å². The molecular weight excluding hydrogens is 398 g/mol. The topological polar surface area (TPSA) is 95.6 Å². The molecular formula is C19H25N3O4S2. The van der Waals surface area contributed by atoms with Crippen molar-refractivity contribution in [1.82, 2.24) is 14.9 Å². The summed E-state index contributed by atoms with van der Waals surface area (Å²) in [4.78, 5) is 25.8. The van der Waals surface area contributed by atoms with E-state index in [1.54, 1.807) is 17.9 Å². The van der Waals surface area contributed by atoms with Gasteiger partial charge in [0, 0.05) is 37.0 Å². The monoisotopic (exact) mass is 423 g/mol. The summed E-state index contributed by atoms with van der Waals surface area (Å²) in [5.74, 6) is 0.00110. The number of benzene rings is 1. The lowest BCUT2D eigenvalue weighted by Gasteiger charge is -2.25. The summed E-state index contributed by atoms with van der Waals surface area (Å²) in [6.07, 6.45) is 0. The molecule has 0 radical (unpaired) electrons. The van der Waals surface area contributed by atoms with Crippen molar-refractivity contribution in [2.45, 2.75) is 44.5 Å². The molecule has 0 unspecified atom stereocenters. The zero-order valence-electron chi connectivity index (χ0n) is 16.6. The van der Waals surface area contributed by atoms with E-state index >= 15 is 0 Å². The highest BCUT2D eigenvalue weighted by Gasteiger charge is 2.24. The molecule has 1 aromatic carbocycles. The van der Waals surface area contributed by atoms with E-state index < -0.39 is 16.1 Å². The van der Waals surface area contributed by atoms with E-state index in [0.29, 0.717) is 12.1 Å². The minimum atomic E-state index is -3.98. The molecule has 0 spiro atoms. The van der Waals surface area contributed by atoms with Gasteiger partial charge in [0.1, 0.15) is 4.21 Å². The Balaban J connectivity index is 2.35. The molecule has 0 fully saturated rings. The molecule has 9 heteroatoms. The van der Waals surface area contributed by atoms with Crippen LogP contribution in [0.4, 0.5) is 4.79 Å². The number of hydrogen-bond donors (Lipinski definition) is 2. The molecule has 0 atom stereocenters.